The smallest absolute Gasteiger partial charge is 0.207 e. The second-order valence-electron chi connectivity index (χ2n) is 4.11. The van der Waals surface area contributed by atoms with Crippen molar-refractivity contribution in [2.45, 2.75) is 25.5 Å². The number of amides is 1. The number of hydrogen-bond donors (Lipinski definition) is 1. The number of rotatable bonds is 5. The van der Waals surface area contributed by atoms with Crippen LogP contribution < -0.4 is 5.32 Å². The van der Waals surface area contributed by atoms with E-state index in [9.17, 15) is 4.79 Å². The SMILES string of the molecule is C/C=C/CO[C@H]1Cc2ccccc2[C@H]1NC=O. The number of fused-ring (bicyclic) bond motifs is 1. The quantitative estimate of drug-likeness (QED) is 0.621. The lowest BCUT2D eigenvalue weighted by Crippen LogP contribution is -2.30. The molecule has 1 aromatic carbocycles. The van der Waals surface area contributed by atoms with Gasteiger partial charge in [-0.05, 0) is 18.1 Å². The Balaban J connectivity index is 2.11. The van der Waals surface area contributed by atoms with Gasteiger partial charge in [-0.2, -0.15) is 0 Å². The van der Waals surface area contributed by atoms with Gasteiger partial charge >= 0.3 is 0 Å². The van der Waals surface area contributed by atoms with Gasteiger partial charge in [-0.25, -0.2) is 0 Å². The number of ether oxygens (including phenoxy) is 1. The third-order valence-corrected chi connectivity index (χ3v) is 3.07. The van der Waals surface area contributed by atoms with E-state index in [0.717, 1.165) is 12.8 Å². The molecule has 3 heteroatoms. The normalized spacial score (nSPS) is 22.6. The van der Waals surface area contributed by atoms with Gasteiger partial charge in [0.15, 0.2) is 0 Å². The lowest BCUT2D eigenvalue weighted by Gasteiger charge is -2.19. The molecular formula is C14H17NO2. The Morgan fingerprint density at radius 3 is 3.06 bits per heavy atom. The zero-order chi connectivity index (χ0) is 12.1. The van der Waals surface area contributed by atoms with E-state index in [0.29, 0.717) is 6.61 Å². The molecule has 1 N–H and O–H groups in total. The van der Waals surface area contributed by atoms with Crippen molar-refractivity contribution in [3.63, 3.8) is 0 Å². The molecule has 1 aromatic rings. The van der Waals surface area contributed by atoms with Crippen molar-refractivity contribution in [2.75, 3.05) is 6.61 Å². The Bertz CT molecular complexity index is 414. The van der Waals surface area contributed by atoms with Crippen LogP contribution in [0.4, 0.5) is 0 Å². The van der Waals surface area contributed by atoms with Crippen LogP contribution in [-0.4, -0.2) is 19.1 Å². The Morgan fingerprint density at radius 1 is 1.47 bits per heavy atom. The molecule has 1 amide bonds. The van der Waals surface area contributed by atoms with Crippen LogP contribution >= 0.6 is 0 Å². The van der Waals surface area contributed by atoms with Gasteiger partial charge in [0, 0.05) is 6.42 Å². The summed E-state index contributed by atoms with van der Waals surface area (Å²) in [6.45, 7) is 2.56. The van der Waals surface area contributed by atoms with Gasteiger partial charge in [0.2, 0.25) is 6.41 Å². The van der Waals surface area contributed by atoms with Gasteiger partial charge in [-0.3, -0.25) is 4.79 Å². The van der Waals surface area contributed by atoms with Crippen LogP contribution in [0.5, 0.6) is 0 Å². The molecule has 17 heavy (non-hydrogen) atoms. The molecular weight excluding hydrogens is 214 g/mol. The molecule has 0 spiro atoms. The molecule has 1 aliphatic rings. The van der Waals surface area contributed by atoms with Crippen molar-refractivity contribution < 1.29 is 9.53 Å². The van der Waals surface area contributed by atoms with Gasteiger partial charge in [-0.1, -0.05) is 36.4 Å². The number of hydrogen-bond acceptors (Lipinski definition) is 2. The van der Waals surface area contributed by atoms with Crippen molar-refractivity contribution in [3.05, 3.63) is 47.5 Å². The Labute approximate surface area is 101 Å². The molecule has 0 heterocycles. The molecule has 2 atom stereocenters. The average molecular weight is 231 g/mol. The lowest BCUT2D eigenvalue weighted by atomic mass is 10.1. The van der Waals surface area contributed by atoms with Crippen molar-refractivity contribution in [3.8, 4) is 0 Å². The Hall–Kier alpha value is -1.61. The van der Waals surface area contributed by atoms with E-state index in [1.165, 1.54) is 11.1 Å². The van der Waals surface area contributed by atoms with Crippen LogP contribution in [0.2, 0.25) is 0 Å². The zero-order valence-corrected chi connectivity index (χ0v) is 9.93. The maximum absolute atomic E-state index is 10.7. The van der Waals surface area contributed by atoms with E-state index in [2.05, 4.69) is 17.4 Å². The molecule has 0 bridgehead atoms. The van der Waals surface area contributed by atoms with Crippen LogP contribution in [0.15, 0.2) is 36.4 Å². The minimum Gasteiger partial charge on any atom is -0.371 e. The number of carbonyl (C=O) groups is 1. The summed E-state index contributed by atoms with van der Waals surface area (Å²) in [5, 5.41) is 2.85. The second kappa shape index (κ2) is 5.64. The average Bonchev–Trinajstić information content (AvgIpc) is 2.69. The van der Waals surface area contributed by atoms with E-state index in [4.69, 9.17) is 4.74 Å². The predicted molar refractivity (Wildman–Crippen MR) is 66.6 cm³/mol. The van der Waals surface area contributed by atoms with Gasteiger partial charge in [0.05, 0.1) is 18.8 Å². The topological polar surface area (TPSA) is 38.3 Å². The van der Waals surface area contributed by atoms with Crippen LogP contribution in [-0.2, 0) is 16.0 Å². The van der Waals surface area contributed by atoms with Crippen LogP contribution in [0.25, 0.3) is 0 Å². The van der Waals surface area contributed by atoms with E-state index < -0.39 is 0 Å². The fraction of sp³-hybridized carbons (Fsp3) is 0.357. The molecule has 0 unspecified atom stereocenters. The summed E-state index contributed by atoms with van der Waals surface area (Å²) in [6.07, 6.45) is 5.58. The Morgan fingerprint density at radius 2 is 2.29 bits per heavy atom. The molecule has 0 aliphatic heterocycles. The molecule has 3 nitrogen and oxygen atoms in total. The number of carbonyl (C=O) groups excluding carboxylic acids is 1. The molecule has 1 aliphatic carbocycles. The standard InChI is InChI=1S/C14H17NO2/c1-2-3-8-17-13-9-11-6-4-5-7-12(11)14(13)15-10-16/h2-7,10,13-14H,8-9H2,1H3,(H,15,16)/b3-2+/t13-,14+/m0/s1. The molecule has 0 saturated heterocycles. The third-order valence-electron chi connectivity index (χ3n) is 3.07. The van der Waals surface area contributed by atoms with E-state index in [1.807, 2.05) is 31.2 Å². The molecule has 2 rings (SSSR count). The first-order valence-corrected chi connectivity index (χ1v) is 5.87. The number of benzene rings is 1. The lowest BCUT2D eigenvalue weighted by molar-refractivity contribution is -0.111. The minimum absolute atomic E-state index is 0.0195. The van der Waals surface area contributed by atoms with Crippen molar-refractivity contribution in [1.82, 2.24) is 5.32 Å². The number of nitrogens with one attached hydrogen (secondary N) is 1. The van der Waals surface area contributed by atoms with Crippen molar-refractivity contribution >= 4 is 6.41 Å². The predicted octanol–water partition coefficient (Wildman–Crippen LogP) is 1.99. The highest BCUT2D eigenvalue weighted by molar-refractivity contribution is 5.50. The van der Waals surface area contributed by atoms with Crippen molar-refractivity contribution in [1.29, 1.82) is 0 Å². The van der Waals surface area contributed by atoms with Gasteiger partial charge in [0.25, 0.3) is 0 Å². The summed E-state index contributed by atoms with van der Waals surface area (Å²) < 4.78 is 5.78. The van der Waals surface area contributed by atoms with E-state index in [-0.39, 0.29) is 12.1 Å². The van der Waals surface area contributed by atoms with E-state index in [1.54, 1.807) is 0 Å². The second-order valence-corrected chi connectivity index (χ2v) is 4.11. The van der Waals surface area contributed by atoms with Gasteiger partial charge < -0.3 is 10.1 Å². The summed E-state index contributed by atoms with van der Waals surface area (Å²) in [5.41, 5.74) is 2.43. The largest absolute Gasteiger partial charge is 0.371 e. The maximum Gasteiger partial charge on any atom is 0.207 e. The van der Waals surface area contributed by atoms with Crippen LogP contribution in [0, 0.1) is 0 Å². The van der Waals surface area contributed by atoms with Crippen molar-refractivity contribution in [2.24, 2.45) is 0 Å². The highest BCUT2D eigenvalue weighted by Gasteiger charge is 2.32. The number of allylic oxidation sites excluding steroid dienone is 1. The Kier molecular flexibility index (Phi) is 3.94. The van der Waals surface area contributed by atoms with E-state index >= 15 is 0 Å². The zero-order valence-electron chi connectivity index (χ0n) is 9.93. The molecule has 0 aromatic heterocycles. The summed E-state index contributed by atoms with van der Waals surface area (Å²) >= 11 is 0. The molecule has 0 saturated carbocycles. The molecule has 90 valence electrons. The fourth-order valence-corrected chi connectivity index (χ4v) is 2.26. The molecule has 0 fully saturated rings. The highest BCUT2D eigenvalue weighted by atomic mass is 16.5. The minimum atomic E-state index is -0.0195. The monoisotopic (exact) mass is 231 g/mol. The summed E-state index contributed by atoms with van der Waals surface area (Å²) in [5.74, 6) is 0. The van der Waals surface area contributed by atoms with Gasteiger partial charge in [-0.15, -0.1) is 0 Å². The highest BCUT2D eigenvalue weighted by Crippen LogP contribution is 2.32. The van der Waals surface area contributed by atoms with Crippen LogP contribution in [0.3, 0.4) is 0 Å². The first-order chi connectivity index (χ1) is 8.36. The van der Waals surface area contributed by atoms with Gasteiger partial charge in [0.1, 0.15) is 0 Å². The fourth-order valence-electron chi connectivity index (χ4n) is 2.26. The van der Waals surface area contributed by atoms with Crippen LogP contribution in [0.1, 0.15) is 24.1 Å². The summed E-state index contributed by atoms with van der Waals surface area (Å²) in [7, 11) is 0. The molecule has 0 radical (unpaired) electrons. The first-order valence-electron chi connectivity index (χ1n) is 5.87. The summed E-state index contributed by atoms with van der Waals surface area (Å²) in [4.78, 5) is 10.7. The summed E-state index contributed by atoms with van der Waals surface area (Å²) in [6, 6.07) is 8.13. The third kappa shape index (κ3) is 2.56. The maximum atomic E-state index is 10.7. The first kappa shape index (κ1) is 11.9.